The average Bonchev–Trinajstić information content (AvgIpc) is 3.29. The number of nitrogens with zero attached hydrogens (tertiary/aromatic N) is 1. The third-order valence-corrected chi connectivity index (χ3v) is 5.31. The normalized spacial score (nSPS) is 10.6. The fourth-order valence-electron chi connectivity index (χ4n) is 3.50. The van der Waals surface area contributed by atoms with Crippen molar-refractivity contribution in [2.45, 2.75) is 20.5 Å². The summed E-state index contributed by atoms with van der Waals surface area (Å²) in [6.07, 6.45) is 0. The first-order valence-corrected chi connectivity index (χ1v) is 11.3. The molecule has 0 spiro atoms. The Morgan fingerprint density at radius 2 is 1.57 bits per heavy atom. The number of esters is 1. The largest absolute Gasteiger partial charge is 0.489 e. The molecule has 0 saturated heterocycles. The zero-order valence-electron chi connectivity index (χ0n) is 19.6. The third kappa shape index (κ3) is 5.95. The lowest BCUT2D eigenvalue weighted by atomic mass is 10.0. The number of nitrogens with one attached hydrogen (secondary N) is 1. The van der Waals surface area contributed by atoms with Crippen LogP contribution in [0.3, 0.4) is 0 Å². The summed E-state index contributed by atoms with van der Waals surface area (Å²) in [5.74, 6) is 1.42. The van der Waals surface area contributed by atoms with Crippen LogP contribution in [0.2, 0.25) is 0 Å². The molecule has 0 unspecified atom stereocenters. The van der Waals surface area contributed by atoms with Crippen molar-refractivity contribution in [3.8, 4) is 22.6 Å². The molecule has 0 fully saturated rings. The van der Waals surface area contributed by atoms with E-state index in [-0.39, 0.29) is 18.9 Å². The van der Waals surface area contributed by atoms with Gasteiger partial charge in [0, 0.05) is 0 Å². The zero-order chi connectivity index (χ0) is 24.6. The molecule has 4 aromatic rings. The van der Waals surface area contributed by atoms with Gasteiger partial charge in [0.25, 0.3) is 0 Å². The van der Waals surface area contributed by atoms with Crippen LogP contribution in [0.1, 0.15) is 34.3 Å². The van der Waals surface area contributed by atoms with Crippen LogP contribution in [-0.4, -0.2) is 30.1 Å². The summed E-state index contributed by atoms with van der Waals surface area (Å²) in [6.45, 7) is 4.36. The van der Waals surface area contributed by atoms with E-state index in [2.05, 4.69) is 5.16 Å². The molecule has 4 rings (SSSR count). The van der Waals surface area contributed by atoms with Crippen LogP contribution in [0.5, 0.6) is 11.5 Å². The first kappa shape index (κ1) is 23.8. The lowest BCUT2D eigenvalue weighted by Gasteiger charge is -2.10. The van der Waals surface area contributed by atoms with Crippen LogP contribution in [0.4, 0.5) is 0 Å². The van der Waals surface area contributed by atoms with Crippen LogP contribution < -0.4 is 9.47 Å². The topological polar surface area (TPSA) is 94.6 Å². The van der Waals surface area contributed by atoms with Crippen LogP contribution in [0.15, 0.2) is 83.4 Å². The van der Waals surface area contributed by atoms with Gasteiger partial charge in [-0.25, -0.2) is 4.79 Å². The summed E-state index contributed by atoms with van der Waals surface area (Å²) < 4.78 is 21.9. The Morgan fingerprint density at radius 1 is 0.914 bits per heavy atom. The molecule has 0 aliphatic rings. The number of hydrogen-bond donors (Lipinski definition) is 1. The van der Waals surface area contributed by atoms with Gasteiger partial charge in [-0.05, 0) is 54.8 Å². The van der Waals surface area contributed by atoms with E-state index in [0.29, 0.717) is 35.1 Å². The Bertz CT molecular complexity index is 1280. The van der Waals surface area contributed by atoms with E-state index >= 15 is 0 Å². The molecule has 0 saturated carbocycles. The fourth-order valence-corrected chi connectivity index (χ4v) is 3.50. The van der Waals surface area contributed by atoms with Crippen LogP contribution in [-0.2, 0) is 11.3 Å². The number of aryl methyl sites for hydroxylation is 1. The SMILES string of the molecule is CCOC(=O)c1noc(C)c1-c1ccc(OCc2ccc(OCC(=N)c3ccccc3)cc2)cc1. The zero-order valence-corrected chi connectivity index (χ0v) is 19.6. The van der Waals surface area contributed by atoms with E-state index in [4.69, 9.17) is 24.1 Å². The van der Waals surface area contributed by atoms with E-state index in [1.165, 1.54) is 0 Å². The van der Waals surface area contributed by atoms with Gasteiger partial charge in [0.05, 0.1) is 17.9 Å². The Labute approximate surface area is 203 Å². The van der Waals surface area contributed by atoms with Gasteiger partial charge in [-0.15, -0.1) is 0 Å². The molecule has 3 aromatic carbocycles. The Morgan fingerprint density at radius 3 is 2.26 bits per heavy atom. The average molecular weight is 471 g/mol. The van der Waals surface area contributed by atoms with Crippen molar-refractivity contribution in [2.24, 2.45) is 0 Å². The smallest absolute Gasteiger partial charge is 0.361 e. The van der Waals surface area contributed by atoms with Crippen molar-refractivity contribution in [3.63, 3.8) is 0 Å². The molecule has 178 valence electrons. The van der Waals surface area contributed by atoms with Crippen LogP contribution in [0, 0.1) is 12.3 Å². The molecular weight excluding hydrogens is 444 g/mol. The number of benzene rings is 3. The minimum Gasteiger partial charge on any atom is -0.489 e. The molecule has 0 aliphatic heterocycles. The van der Waals surface area contributed by atoms with E-state index < -0.39 is 5.97 Å². The van der Waals surface area contributed by atoms with Crippen molar-refractivity contribution < 1.29 is 23.5 Å². The highest BCUT2D eigenvalue weighted by Gasteiger charge is 2.22. The Hall–Kier alpha value is -4.39. The van der Waals surface area contributed by atoms with Gasteiger partial charge in [-0.3, -0.25) is 0 Å². The maximum absolute atomic E-state index is 12.2. The van der Waals surface area contributed by atoms with E-state index in [0.717, 1.165) is 16.7 Å². The van der Waals surface area contributed by atoms with Gasteiger partial charge in [0.2, 0.25) is 0 Å². The maximum Gasteiger partial charge on any atom is 0.361 e. The quantitative estimate of drug-likeness (QED) is 0.231. The number of aromatic nitrogens is 1. The Balaban J connectivity index is 1.32. The molecule has 7 heteroatoms. The highest BCUT2D eigenvalue weighted by molar-refractivity contribution is 5.99. The van der Waals surface area contributed by atoms with Crippen molar-refractivity contribution in [1.82, 2.24) is 5.16 Å². The highest BCUT2D eigenvalue weighted by Crippen LogP contribution is 2.29. The van der Waals surface area contributed by atoms with Crippen molar-refractivity contribution in [1.29, 1.82) is 5.41 Å². The molecule has 0 atom stereocenters. The maximum atomic E-state index is 12.2. The first-order valence-electron chi connectivity index (χ1n) is 11.3. The van der Waals surface area contributed by atoms with Gasteiger partial charge < -0.3 is 24.1 Å². The fraction of sp³-hybridized carbons (Fsp3) is 0.179. The monoisotopic (exact) mass is 470 g/mol. The minimum absolute atomic E-state index is 0.166. The van der Waals surface area contributed by atoms with Gasteiger partial charge in [0.1, 0.15) is 30.5 Å². The number of ether oxygens (including phenoxy) is 3. The van der Waals surface area contributed by atoms with E-state index in [1.54, 1.807) is 13.8 Å². The summed E-state index contributed by atoms with van der Waals surface area (Å²) in [7, 11) is 0. The van der Waals surface area contributed by atoms with Gasteiger partial charge in [-0.2, -0.15) is 0 Å². The summed E-state index contributed by atoms with van der Waals surface area (Å²) in [6, 6.07) is 24.5. The molecule has 1 N–H and O–H groups in total. The van der Waals surface area contributed by atoms with E-state index in [9.17, 15) is 4.79 Å². The highest BCUT2D eigenvalue weighted by atomic mass is 16.5. The molecule has 0 radical (unpaired) electrons. The first-order chi connectivity index (χ1) is 17.0. The van der Waals surface area contributed by atoms with Crippen LogP contribution >= 0.6 is 0 Å². The number of carbonyl (C=O) groups excluding carboxylic acids is 1. The molecule has 0 amide bonds. The van der Waals surface area contributed by atoms with Crippen molar-refractivity contribution in [2.75, 3.05) is 13.2 Å². The molecule has 1 aromatic heterocycles. The van der Waals surface area contributed by atoms with E-state index in [1.807, 2.05) is 78.9 Å². The van der Waals surface area contributed by atoms with Gasteiger partial charge in [-0.1, -0.05) is 59.8 Å². The standard InChI is InChI=1S/C28H26N2O5/c1-3-32-28(31)27-26(19(2)35-30-27)22-11-15-24(16-12-22)33-17-20-9-13-23(14-10-20)34-18-25(29)21-7-5-4-6-8-21/h4-16,29H,3,17-18H2,1-2H3. The second-order valence-electron chi connectivity index (χ2n) is 7.77. The molecule has 0 bridgehead atoms. The number of hydrogen-bond acceptors (Lipinski definition) is 7. The number of rotatable bonds is 10. The summed E-state index contributed by atoms with van der Waals surface area (Å²) in [5.41, 5.74) is 3.84. The predicted molar refractivity (Wildman–Crippen MR) is 132 cm³/mol. The lowest BCUT2D eigenvalue weighted by molar-refractivity contribution is 0.0515. The molecular formula is C28H26N2O5. The van der Waals surface area contributed by atoms with Crippen molar-refractivity contribution >= 4 is 11.7 Å². The van der Waals surface area contributed by atoms with Crippen LogP contribution in [0.25, 0.3) is 11.1 Å². The van der Waals surface area contributed by atoms with Gasteiger partial charge in [0.15, 0.2) is 5.69 Å². The molecule has 1 heterocycles. The molecule has 7 nitrogen and oxygen atoms in total. The third-order valence-electron chi connectivity index (χ3n) is 5.31. The van der Waals surface area contributed by atoms with Crippen molar-refractivity contribution in [3.05, 3.63) is 101 Å². The summed E-state index contributed by atoms with van der Waals surface area (Å²) >= 11 is 0. The summed E-state index contributed by atoms with van der Waals surface area (Å²) in [4.78, 5) is 12.2. The molecule has 0 aliphatic carbocycles. The Kier molecular flexibility index (Phi) is 7.57. The minimum atomic E-state index is -0.510. The summed E-state index contributed by atoms with van der Waals surface area (Å²) in [5, 5.41) is 12.0. The number of carbonyl (C=O) groups is 1. The second kappa shape index (κ2) is 11.2. The molecule has 35 heavy (non-hydrogen) atoms. The predicted octanol–water partition coefficient (Wildman–Crippen LogP) is 5.85. The lowest BCUT2D eigenvalue weighted by Crippen LogP contribution is -2.11. The van der Waals surface area contributed by atoms with Gasteiger partial charge >= 0.3 is 5.97 Å². The second-order valence-corrected chi connectivity index (χ2v) is 7.77.